The number of carbonyl (C=O) groups is 3. The third-order valence-corrected chi connectivity index (χ3v) is 6.38. The lowest BCUT2D eigenvalue weighted by molar-refractivity contribution is -0.133. The Hall–Kier alpha value is -3.82. The molecule has 3 aromatic rings. The molecular formula is C26H30FN5O4. The lowest BCUT2D eigenvalue weighted by Gasteiger charge is -2.22. The van der Waals surface area contributed by atoms with Gasteiger partial charge in [-0.25, -0.2) is 9.37 Å². The van der Waals surface area contributed by atoms with Gasteiger partial charge in [0.05, 0.1) is 24.4 Å². The van der Waals surface area contributed by atoms with Crippen LogP contribution in [0.3, 0.4) is 0 Å². The maximum absolute atomic E-state index is 14.4. The molecule has 2 amide bonds. The Balaban J connectivity index is 1.47. The van der Waals surface area contributed by atoms with Gasteiger partial charge in [0, 0.05) is 37.1 Å². The van der Waals surface area contributed by atoms with Crippen molar-refractivity contribution in [3.8, 4) is 11.3 Å². The summed E-state index contributed by atoms with van der Waals surface area (Å²) in [5, 5.41) is 6.36. The van der Waals surface area contributed by atoms with E-state index < -0.39 is 11.9 Å². The number of nitrogens with one attached hydrogen (secondary N) is 2. The highest BCUT2D eigenvalue weighted by atomic mass is 19.1. The smallest absolute Gasteiger partial charge is 0.274 e. The van der Waals surface area contributed by atoms with E-state index in [1.165, 1.54) is 18.3 Å². The van der Waals surface area contributed by atoms with Gasteiger partial charge in [-0.1, -0.05) is 18.1 Å². The lowest BCUT2D eigenvalue weighted by Crippen LogP contribution is -2.45. The molecule has 1 aliphatic rings. The molecule has 10 heteroatoms. The molecular weight excluding hydrogens is 465 g/mol. The number of Topliss-reactive ketones (excluding diaryl/α,β-unsaturated/α-hetero) is 1. The van der Waals surface area contributed by atoms with E-state index in [-0.39, 0.29) is 42.0 Å². The molecule has 0 aliphatic carbocycles. The molecule has 1 fully saturated rings. The summed E-state index contributed by atoms with van der Waals surface area (Å²) in [7, 11) is 0. The maximum atomic E-state index is 14.4. The van der Waals surface area contributed by atoms with Gasteiger partial charge in [0.1, 0.15) is 17.4 Å². The zero-order valence-corrected chi connectivity index (χ0v) is 20.6. The number of aromatic nitrogens is 3. The Morgan fingerprint density at radius 2 is 1.92 bits per heavy atom. The average Bonchev–Trinajstić information content (AvgIpc) is 3.60. The van der Waals surface area contributed by atoms with Gasteiger partial charge in [0.2, 0.25) is 5.91 Å². The number of ketones is 1. The lowest BCUT2D eigenvalue weighted by atomic mass is 9.97. The minimum Gasteiger partial charge on any atom is -0.361 e. The van der Waals surface area contributed by atoms with Crippen molar-refractivity contribution >= 4 is 17.6 Å². The fourth-order valence-electron chi connectivity index (χ4n) is 4.32. The fraction of sp³-hybridized carbons (Fsp3) is 0.423. The Kier molecular flexibility index (Phi) is 7.61. The number of nitrogens with zero attached hydrogens (tertiary/aromatic N) is 3. The number of halogens is 1. The monoisotopic (exact) mass is 495 g/mol. The van der Waals surface area contributed by atoms with E-state index in [0.29, 0.717) is 35.9 Å². The molecule has 9 nitrogen and oxygen atoms in total. The van der Waals surface area contributed by atoms with Crippen LogP contribution in [0.4, 0.5) is 4.39 Å². The zero-order valence-electron chi connectivity index (χ0n) is 20.6. The van der Waals surface area contributed by atoms with Crippen LogP contribution in [-0.2, 0) is 9.59 Å². The predicted octanol–water partition coefficient (Wildman–Crippen LogP) is 3.69. The van der Waals surface area contributed by atoms with Gasteiger partial charge in [-0.15, -0.1) is 0 Å². The van der Waals surface area contributed by atoms with Crippen LogP contribution in [0.5, 0.6) is 0 Å². The Morgan fingerprint density at radius 3 is 2.58 bits per heavy atom. The van der Waals surface area contributed by atoms with Crippen molar-refractivity contribution < 1.29 is 23.3 Å². The van der Waals surface area contributed by atoms with Crippen molar-refractivity contribution in [3.63, 3.8) is 0 Å². The first-order valence-electron chi connectivity index (χ1n) is 12.1. The van der Waals surface area contributed by atoms with E-state index in [1.807, 2.05) is 19.9 Å². The normalized spacial score (nSPS) is 15.1. The SMILES string of the molecule is Cc1ccc(-c2cnc([C@H](C)CC(=O)[C@H](CC(=O)N3CCCC3)NC(=O)c3cc(C)on3)[nH]2)c(F)c1. The number of benzene rings is 1. The first-order chi connectivity index (χ1) is 17.2. The second-order valence-corrected chi connectivity index (χ2v) is 9.38. The van der Waals surface area contributed by atoms with Gasteiger partial charge in [-0.05, 0) is 44.4 Å². The summed E-state index contributed by atoms with van der Waals surface area (Å²) in [4.78, 5) is 47.9. The molecule has 0 saturated carbocycles. The molecule has 0 unspecified atom stereocenters. The molecule has 1 saturated heterocycles. The molecule has 190 valence electrons. The van der Waals surface area contributed by atoms with Crippen molar-refractivity contribution in [2.45, 2.75) is 58.4 Å². The van der Waals surface area contributed by atoms with Crippen molar-refractivity contribution in [2.24, 2.45) is 0 Å². The number of aryl methyl sites for hydroxylation is 2. The molecule has 1 aromatic carbocycles. The van der Waals surface area contributed by atoms with Gasteiger partial charge < -0.3 is 19.7 Å². The Morgan fingerprint density at radius 1 is 1.17 bits per heavy atom. The zero-order chi connectivity index (χ0) is 25.8. The number of H-pyrrole nitrogens is 1. The summed E-state index contributed by atoms with van der Waals surface area (Å²) >= 11 is 0. The van der Waals surface area contributed by atoms with Crippen LogP contribution in [-0.4, -0.2) is 56.8 Å². The van der Waals surface area contributed by atoms with Gasteiger partial charge in [-0.3, -0.25) is 14.4 Å². The first-order valence-corrected chi connectivity index (χ1v) is 12.1. The van der Waals surface area contributed by atoms with Crippen LogP contribution in [0.1, 0.15) is 66.2 Å². The molecule has 2 N–H and O–H groups in total. The van der Waals surface area contributed by atoms with Gasteiger partial charge in [-0.2, -0.15) is 0 Å². The van der Waals surface area contributed by atoms with Crippen LogP contribution in [0.2, 0.25) is 0 Å². The van der Waals surface area contributed by atoms with Crippen LogP contribution in [0.15, 0.2) is 35.0 Å². The number of hydrogen-bond donors (Lipinski definition) is 2. The summed E-state index contributed by atoms with van der Waals surface area (Å²) in [5.74, 6) is -0.795. The molecule has 0 bridgehead atoms. The highest BCUT2D eigenvalue weighted by Crippen LogP contribution is 2.25. The molecule has 0 radical (unpaired) electrons. The van der Waals surface area contributed by atoms with E-state index in [2.05, 4.69) is 20.4 Å². The van der Waals surface area contributed by atoms with Gasteiger partial charge in [0.25, 0.3) is 5.91 Å². The predicted molar refractivity (Wildman–Crippen MR) is 130 cm³/mol. The molecule has 2 atom stereocenters. The summed E-state index contributed by atoms with van der Waals surface area (Å²) in [6.45, 7) is 6.58. The third-order valence-electron chi connectivity index (χ3n) is 6.38. The number of carbonyl (C=O) groups excluding carboxylic acids is 3. The standard InChI is InChI=1S/C26H30FN5O4/c1-15-6-7-18(19(27)10-15)22-14-28-25(29-22)16(2)11-23(33)20(13-24(34)32-8-4-5-9-32)30-26(35)21-12-17(3)36-31-21/h6-7,10,12,14,16,20H,4-5,8-9,11,13H2,1-3H3,(H,28,29)(H,30,35)/t16-,20+/m1/s1. The third kappa shape index (κ3) is 5.87. The molecule has 3 heterocycles. The molecule has 36 heavy (non-hydrogen) atoms. The number of rotatable bonds is 9. The van der Waals surface area contributed by atoms with Crippen molar-refractivity contribution in [1.82, 2.24) is 25.3 Å². The molecule has 2 aromatic heterocycles. The number of hydrogen-bond acceptors (Lipinski definition) is 6. The molecule has 1 aliphatic heterocycles. The van der Waals surface area contributed by atoms with E-state index in [9.17, 15) is 18.8 Å². The maximum Gasteiger partial charge on any atom is 0.274 e. The summed E-state index contributed by atoms with van der Waals surface area (Å²) < 4.78 is 19.3. The van der Waals surface area contributed by atoms with Crippen molar-refractivity contribution in [1.29, 1.82) is 0 Å². The van der Waals surface area contributed by atoms with E-state index in [4.69, 9.17) is 4.52 Å². The van der Waals surface area contributed by atoms with Crippen LogP contribution in [0.25, 0.3) is 11.3 Å². The number of amides is 2. The number of likely N-dealkylation sites (tertiary alicyclic amines) is 1. The van der Waals surface area contributed by atoms with Crippen LogP contribution < -0.4 is 5.32 Å². The van der Waals surface area contributed by atoms with Crippen molar-refractivity contribution in [2.75, 3.05) is 13.1 Å². The van der Waals surface area contributed by atoms with Crippen LogP contribution >= 0.6 is 0 Å². The quantitative estimate of drug-likeness (QED) is 0.467. The van der Waals surface area contributed by atoms with E-state index >= 15 is 0 Å². The largest absolute Gasteiger partial charge is 0.361 e. The van der Waals surface area contributed by atoms with Gasteiger partial charge >= 0.3 is 0 Å². The summed E-state index contributed by atoms with van der Waals surface area (Å²) in [5.41, 5.74) is 1.76. The number of aromatic amines is 1. The average molecular weight is 496 g/mol. The second-order valence-electron chi connectivity index (χ2n) is 9.38. The molecule has 0 spiro atoms. The van der Waals surface area contributed by atoms with E-state index in [1.54, 1.807) is 17.9 Å². The highest BCUT2D eigenvalue weighted by Gasteiger charge is 2.30. The van der Waals surface area contributed by atoms with Crippen LogP contribution in [0, 0.1) is 19.7 Å². The summed E-state index contributed by atoms with van der Waals surface area (Å²) in [6, 6.07) is 5.39. The summed E-state index contributed by atoms with van der Waals surface area (Å²) in [6.07, 6.45) is 3.28. The van der Waals surface area contributed by atoms with Crippen molar-refractivity contribution in [3.05, 3.63) is 59.1 Å². The second kappa shape index (κ2) is 10.8. The Labute approximate surface area is 208 Å². The minimum absolute atomic E-state index is 0.0272. The Bertz CT molecular complexity index is 1260. The number of imidazole rings is 1. The van der Waals surface area contributed by atoms with E-state index in [0.717, 1.165) is 18.4 Å². The molecule has 4 rings (SSSR count). The highest BCUT2D eigenvalue weighted by molar-refractivity contribution is 5.98. The van der Waals surface area contributed by atoms with Gasteiger partial charge in [0.15, 0.2) is 11.5 Å². The topological polar surface area (TPSA) is 121 Å². The minimum atomic E-state index is -1.02. The fourth-order valence-corrected chi connectivity index (χ4v) is 4.32. The first kappa shape index (κ1) is 25.3.